The lowest BCUT2D eigenvalue weighted by Gasteiger charge is -2.20. The summed E-state index contributed by atoms with van der Waals surface area (Å²) in [6.45, 7) is 23.4. The van der Waals surface area contributed by atoms with Crippen molar-refractivity contribution in [1.82, 2.24) is 10.3 Å². The number of aldehydes is 1. The Hall–Kier alpha value is -2.84. The van der Waals surface area contributed by atoms with E-state index in [0.717, 1.165) is 36.8 Å². The van der Waals surface area contributed by atoms with Crippen LogP contribution in [0.5, 0.6) is 0 Å². The van der Waals surface area contributed by atoms with Gasteiger partial charge in [0.05, 0.1) is 6.54 Å². The van der Waals surface area contributed by atoms with E-state index in [4.69, 9.17) is 11.2 Å². The Morgan fingerprint density at radius 3 is 2.23 bits per heavy atom. The number of pyridine rings is 1. The summed E-state index contributed by atoms with van der Waals surface area (Å²) in [7, 11) is 1.75. The lowest BCUT2D eigenvalue weighted by atomic mass is 9.91. The van der Waals surface area contributed by atoms with Gasteiger partial charge in [0, 0.05) is 17.8 Å². The number of alkyl halides is 1. The molecular formula is C35H59FN2O2. The SMILES string of the molecule is C#CC(C)CC(C)(F)CCC.C=CC(/C=C/CC(C)C)=C\c1cccnc1CC.CC.CC=O.CNCC(C)=O. The summed E-state index contributed by atoms with van der Waals surface area (Å²) in [5, 5.41) is 2.72. The molecule has 0 amide bonds. The number of hydrogen-bond donors (Lipinski definition) is 1. The van der Waals surface area contributed by atoms with Gasteiger partial charge in [0.25, 0.3) is 0 Å². The first-order valence-electron chi connectivity index (χ1n) is 14.5. The van der Waals surface area contributed by atoms with Crippen LogP contribution in [0.4, 0.5) is 4.39 Å². The van der Waals surface area contributed by atoms with Gasteiger partial charge in [0.1, 0.15) is 17.7 Å². The van der Waals surface area contributed by atoms with Crippen LogP contribution >= 0.6 is 0 Å². The fraction of sp³-hybridized carbons (Fsp3) is 0.571. The van der Waals surface area contributed by atoms with Gasteiger partial charge in [0.15, 0.2) is 0 Å². The molecule has 0 bridgehead atoms. The summed E-state index contributed by atoms with van der Waals surface area (Å²) in [6.07, 6.45) is 20.2. The highest BCUT2D eigenvalue weighted by molar-refractivity contribution is 5.77. The van der Waals surface area contributed by atoms with E-state index in [-0.39, 0.29) is 11.7 Å². The highest BCUT2D eigenvalue weighted by Crippen LogP contribution is 2.25. The van der Waals surface area contributed by atoms with Crippen LogP contribution in [0.1, 0.15) is 106 Å². The van der Waals surface area contributed by atoms with E-state index in [9.17, 15) is 9.18 Å². The Morgan fingerprint density at radius 2 is 1.85 bits per heavy atom. The fourth-order valence-corrected chi connectivity index (χ4v) is 3.28. The normalized spacial score (nSPS) is 12.3. The van der Waals surface area contributed by atoms with Crippen LogP contribution in [-0.2, 0) is 16.0 Å². The molecule has 0 aromatic carbocycles. The molecule has 0 saturated carbocycles. The Morgan fingerprint density at radius 1 is 1.27 bits per heavy atom. The molecule has 0 fully saturated rings. The van der Waals surface area contributed by atoms with Gasteiger partial charge in [0.2, 0.25) is 0 Å². The number of nitrogens with one attached hydrogen (secondary N) is 1. The zero-order chi connectivity index (χ0) is 32.0. The molecule has 1 aromatic heterocycles. The highest BCUT2D eigenvalue weighted by Gasteiger charge is 2.23. The van der Waals surface area contributed by atoms with Crippen molar-refractivity contribution < 1.29 is 14.0 Å². The molecule has 1 heterocycles. The van der Waals surface area contributed by atoms with Crippen LogP contribution < -0.4 is 5.32 Å². The molecule has 1 N–H and O–H groups in total. The molecule has 0 aliphatic carbocycles. The zero-order valence-electron chi connectivity index (χ0n) is 27.4. The number of Topliss-reactive ketones (excluding diaryl/α,β-unsaturated/α-hetero) is 1. The van der Waals surface area contributed by atoms with Gasteiger partial charge in [-0.3, -0.25) is 9.78 Å². The molecule has 4 nitrogen and oxygen atoms in total. The Bertz CT molecular complexity index is 864. The number of aryl methyl sites for hydroxylation is 1. The third kappa shape index (κ3) is 31.4. The number of allylic oxidation sites excluding steroid dienone is 4. The lowest BCUT2D eigenvalue weighted by Crippen LogP contribution is -2.20. The van der Waals surface area contributed by atoms with E-state index in [0.29, 0.717) is 25.3 Å². The summed E-state index contributed by atoms with van der Waals surface area (Å²) in [5.74, 6) is 3.46. The summed E-state index contributed by atoms with van der Waals surface area (Å²) in [5.41, 5.74) is 2.39. The zero-order valence-corrected chi connectivity index (χ0v) is 27.4. The van der Waals surface area contributed by atoms with Gasteiger partial charge in [-0.25, -0.2) is 4.39 Å². The van der Waals surface area contributed by atoms with E-state index < -0.39 is 5.67 Å². The number of rotatable bonds is 12. The Labute approximate surface area is 247 Å². The van der Waals surface area contributed by atoms with Crippen LogP contribution in [0.25, 0.3) is 6.08 Å². The molecule has 2 atom stereocenters. The Kier molecular flexibility index (Phi) is 33.9. The molecule has 1 rings (SSSR count). The number of likely N-dealkylation sites (N-methyl/N-ethyl adjacent to an activating group) is 1. The number of terminal acetylenes is 1. The average Bonchev–Trinajstić information content (AvgIpc) is 2.90. The third-order valence-corrected chi connectivity index (χ3v) is 4.95. The number of ketones is 1. The molecule has 228 valence electrons. The molecule has 5 heteroatoms. The highest BCUT2D eigenvalue weighted by atomic mass is 19.1. The molecule has 0 radical (unpaired) electrons. The quantitative estimate of drug-likeness (QED) is 0.158. The second-order valence-electron chi connectivity index (χ2n) is 9.68. The smallest absolute Gasteiger partial charge is 0.143 e. The molecule has 0 saturated heterocycles. The number of halogens is 1. The standard InChI is InChI=1S/C17H23N.C10H17F.C4H9NO.C2H4O.C2H6/c1-5-15(10-7-9-14(3)4)13-16-11-8-12-18-17(16)6-2;1-5-7-10(4,11)8-9(3)6-2;1-4(6)3-5-2;1-2-3;1-2/h5,7-8,10-14H,1,6,9H2,2-4H3;2,9H,5,7-8H2,1,3-4H3;5H,3H2,1-2H3;2H,1H3;1-2H3/b10-7+,15-13+;;;;. The molecule has 40 heavy (non-hydrogen) atoms. The van der Waals surface area contributed by atoms with Crippen molar-refractivity contribution in [2.75, 3.05) is 13.6 Å². The minimum atomic E-state index is -1.07. The van der Waals surface area contributed by atoms with Crippen LogP contribution in [0.2, 0.25) is 0 Å². The number of carbonyl (C=O) groups excluding carboxylic acids is 2. The predicted octanol–water partition coefficient (Wildman–Crippen LogP) is 9.02. The van der Waals surface area contributed by atoms with Gasteiger partial charge in [-0.15, -0.1) is 12.3 Å². The molecule has 0 spiro atoms. The lowest BCUT2D eigenvalue weighted by molar-refractivity contribution is -0.116. The second-order valence-corrected chi connectivity index (χ2v) is 9.68. The molecular weight excluding hydrogens is 499 g/mol. The summed E-state index contributed by atoms with van der Waals surface area (Å²) >= 11 is 0. The first kappa shape index (κ1) is 44.2. The van der Waals surface area contributed by atoms with Crippen LogP contribution in [0.3, 0.4) is 0 Å². The van der Waals surface area contributed by atoms with Crippen molar-refractivity contribution in [3.63, 3.8) is 0 Å². The minimum absolute atomic E-state index is 0.0524. The summed E-state index contributed by atoms with van der Waals surface area (Å²) < 4.78 is 13.4. The van der Waals surface area contributed by atoms with Gasteiger partial charge in [-0.1, -0.05) is 85.8 Å². The summed E-state index contributed by atoms with van der Waals surface area (Å²) in [6, 6.07) is 4.08. The average molecular weight is 559 g/mol. The number of carbonyl (C=O) groups is 2. The first-order valence-corrected chi connectivity index (χ1v) is 14.5. The maximum Gasteiger partial charge on any atom is 0.143 e. The van der Waals surface area contributed by atoms with E-state index >= 15 is 0 Å². The maximum atomic E-state index is 13.4. The number of hydrogen-bond acceptors (Lipinski definition) is 4. The van der Waals surface area contributed by atoms with Crippen molar-refractivity contribution in [2.45, 2.75) is 107 Å². The fourth-order valence-electron chi connectivity index (χ4n) is 3.28. The summed E-state index contributed by atoms with van der Waals surface area (Å²) in [4.78, 5) is 23.2. The van der Waals surface area contributed by atoms with Crippen molar-refractivity contribution in [3.8, 4) is 12.3 Å². The van der Waals surface area contributed by atoms with Crippen LogP contribution in [0.15, 0.2) is 48.7 Å². The number of nitrogens with zero attached hydrogens (tertiary/aromatic N) is 1. The van der Waals surface area contributed by atoms with E-state index in [1.807, 2.05) is 46.0 Å². The first-order chi connectivity index (χ1) is 18.9. The van der Waals surface area contributed by atoms with E-state index in [2.05, 4.69) is 67.9 Å². The van der Waals surface area contributed by atoms with Gasteiger partial charge < -0.3 is 10.1 Å². The van der Waals surface area contributed by atoms with E-state index in [1.54, 1.807) is 20.9 Å². The third-order valence-electron chi connectivity index (χ3n) is 4.95. The Balaban J connectivity index is -0.000000250. The minimum Gasteiger partial charge on any atom is -0.313 e. The molecule has 1 aromatic rings. The second kappa shape index (κ2) is 30.7. The van der Waals surface area contributed by atoms with Crippen molar-refractivity contribution in [2.24, 2.45) is 11.8 Å². The maximum absolute atomic E-state index is 13.4. The van der Waals surface area contributed by atoms with Crippen LogP contribution in [0, 0.1) is 24.2 Å². The van der Waals surface area contributed by atoms with Crippen molar-refractivity contribution in [1.29, 1.82) is 0 Å². The largest absolute Gasteiger partial charge is 0.313 e. The molecule has 0 aliphatic rings. The predicted molar refractivity (Wildman–Crippen MR) is 175 cm³/mol. The topological polar surface area (TPSA) is 59.1 Å². The van der Waals surface area contributed by atoms with Crippen LogP contribution in [-0.4, -0.2) is 36.3 Å². The van der Waals surface area contributed by atoms with Gasteiger partial charge in [-0.2, -0.15) is 0 Å². The van der Waals surface area contributed by atoms with Gasteiger partial charge in [-0.05, 0) is 82.7 Å². The van der Waals surface area contributed by atoms with Crippen molar-refractivity contribution in [3.05, 3.63) is 60.0 Å². The van der Waals surface area contributed by atoms with E-state index in [1.165, 1.54) is 12.5 Å². The van der Waals surface area contributed by atoms with Crippen molar-refractivity contribution >= 4 is 18.1 Å². The number of aromatic nitrogens is 1. The van der Waals surface area contributed by atoms with Gasteiger partial charge >= 0.3 is 0 Å². The molecule has 0 aliphatic heterocycles. The molecule has 2 unspecified atom stereocenters. The monoisotopic (exact) mass is 558 g/mol.